The van der Waals surface area contributed by atoms with Gasteiger partial charge in [0.25, 0.3) is 0 Å². The summed E-state index contributed by atoms with van der Waals surface area (Å²) in [4.78, 5) is 26.8. The van der Waals surface area contributed by atoms with E-state index in [4.69, 9.17) is 0 Å². The maximum absolute atomic E-state index is 12.6. The largest absolute Gasteiger partial charge is 0.480 e. The zero-order chi connectivity index (χ0) is 20.3. The number of carbonyl (C=O) groups excluding carboxylic acids is 1. The predicted molar refractivity (Wildman–Crippen MR) is 96.7 cm³/mol. The quantitative estimate of drug-likeness (QED) is 0.602. The van der Waals surface area contributed by atoms with Crippen LogP contribution in [0.3, 0.4) is 0 Å². The predicted octanol–water partition coefficient (Wildman–Crippen LogP) is 3.54. The Morgan fingerprint density at radius 3 is 2.39 bits per heavy atom. The van der Waals surface area contributed by atoms with Gasteiger partial charge in [-0.2, -0.15) is 13.2 Å². The molecule has 28 heavy (non-hydrogen) atoms. The van der Waals surface area contributed by atoms with E-state index < -0.39 is 29.7 Å². The van der Waals surface area contributed by atoms with Crippen LogP contribution >= 0.6 is 0 Å². The van der Waals surface area contributed by atoms with E-state index in [9.17, 15) is 27.9 Å². The van der Waals surface area contributed by atoms with Crippen LogP contribution in [0.2, 0.25) is 0 Å². The van der Waals surface area contributed by atoms with Gasteiger partial charge in [-0.1, -0.05) is 30.3 Å². The number of carbonyl (C=O) groups is 2. The highest BCUT2D eigenvalue weighted by Crippen LogP contribution is 2.29. The minimum absolute atomic E-state index is 0.0814. The van der Waals surface area contributed by atoms with Gasteiger partial charge >= 0.3 is 12.1 Å². The van der Waals surface area contributed by atoms with Gasteiger partial charge in [-0.25, -0.2) is 4.79 Å². The first-order valence-electron chi connectivity index (χ1n) is 8.47. The van der Waals surface area contributed by atoms with E-state index in [1.165, 1.54) is 12.1 Å². The fourth-order valence-electron chi connectivity index (χ4n) is 2.96. The van der Waals surface area contributed by atoms with Crippen molar-refractivity contribution in [2.24, 2.45) is 0 Å². The number of para-hydroxylation sites is 1. The summed E-state index contributed by atoms with van der Waals surface area (Å²) in [6.07, 6.45) is -2.88. The number of hydrogen-bond acceptors (Lipinski definition) is 2. The molecule has 8 heteroatoms. The molecule has 0 aliphatic heterocycles. The van der Waals surface area contributed by atoms with Crippen molar-refractivity contribution < 1.29 is 27.9 Å². The van der Waals surface area contributed by atoms with Crippen LogP contribution in [-0.4, -0.2) is 28.0 Å². The molecular formula is C20H17F3N2O3. The molecular weight excluding hydrogens is 373 g/mol. The topological polar surface area (TPSA) is 82.2 Å². The normalized spacial score (nSPS) is 12.7. The molecule has 3 N–H and O–H groups in total. The number of H-pyrrole nitrogens is 1. The summed E-state index contributed by atoms with van der Waals surface area (Å²) in [6.45, 7) is 0. The van der Waals surface area contributed by atoms with Crippen molar-refractivity contribution in [2.45, 2.75) is 25.1 Å². The molecule has 0 saturated heterocycles. The Hall–Kier alpha value is -3.29. The zero-order valence-corrected chi connectivity index (χ0v) is 14.6. The van der Waals surface area contributed by atoms with E-state index in [-0.39, 0.29) is 12.8 Å². The lowest BCUT2D eigenvalue weighted by molar-refractivity contribution is -0.141. The average Bonchev–Trinajstić information content (AvgIpc) is 3.04. The first-order chi connectivity index (χ1) is 13.2. The molecule has 0 fully saturated rings. The van der Waals surface area contributed by atoms with Crippen LogP contribution in [0.15, 0.2) is 54.7 Å². The summed E-state index contributed by atoms with van der Waals surface area (Å²) < 4.78 is 37.8. The number of amides is 1. The van der Waals surface area contributed by atoms with Gasteiger partial charge in [0.05, 0.1) is 12.0 Å². The Morgan fingerprint density at radius 2 is 1.75 bits per heavy atom. The first-order valence-corrected chi connectivity index (χ1v) is 8.47. The minimum Gasteiger partial charge on any atom is -0.480 e. The van der Waals surface area contributed by atoms with Crippen LogP contribution in [0.5, 0.6) is 0 Å². The number of rotatable bonds is 6. The molecule has 0 spiro atoms. The van der Waals surface area contributed by atoms with Crippen molar-refractivity contribution in [3.8, 4) is 0 Å². The Balaban J connectivity index is 1.67. The van der Waals surface area contributed by atoms with Gasteiger partial charge in [0, 0.05) is 23.5 Å². The standard InChI is InChI=1S/C20H17F3N2O3/c21-20(22,23)14-7-5-12(6-8-14)9-18(26)25-17(19(27)28)10-13-11-24-16-4-2-1-3-15(13)16/h1-8,11,17,24H,9-10H2,(H,25,26)(H,27,28)/t17-/m1/s1. The van der Waals surface area contributed by atoms with Crippen molar-refractivity contribution in [1.29, 1.82) is 0 Å². The molecule has 0 aliphatic rings. The smallest absolute Gasteiger partial charge is 0.416 e. The monoisotopic (exact) mass is 390 g/mol. The van der Waals surface area contributed by atoms with Crippen molar-refractivity contribution >= 4 is 22.8 Å². The SMILES string of the molecule is O=C(Cc1ccc(C(F)(F)F)cc1)N[C@H](Cc1c[nH]c2ccccc12)C(=O)O. The maximum atomic E-state index is 12.6. The van der Waals surface area contributed by atoms with E-state index in [2.05, 4.69) is 10.3 Å². The first kappa shape index (κ1) is 19.5. The molecule has 1 atom stereocenters. The maximum Gasteiger partial charge on any atom is 0.416 e. The Kier molecular flexibility index (Phi) is 5.39. The second kappa shape index (κ2) is 7.75. The molecule has 146 valence electrons. The summed E-state index contributed by atoms with van der Waals surface area (Å²) in [5.41, 5.74) is 1.16. The number of fused-ring (bicyclic) bond motifs is 1. The fraction of sp³-hybridized carbons (Fsp3) is 0.200. The van der Waals surface area contributed by atoms with Crippen LogP contribution in [0.25, 0.3) is 10.9 Å². The third-order valence-electron chi connectivity index (χ3n) is 4.38. The van der Waals surface area contributed by atoms with Crippen molar-refractivity contribution in [3.63, 3.8) is 0 Å². The summed E-state index contributed by atoms with van der Waals surface area (Å²) in [6, 6.07) is 10.4. The number of nitrogens with one attached hydrogen (secondary N) is 2. The number of alkyl halides is 3. The minimum atomic E-state index is -4.45. The van der Waals surface area contributed by atoms with E-state index in [1.807, 2.05) is 24.3 Å². The van der Waals surface area contributed by atoms with Crippen molar-refractivity contribution in [2.75, 3.05) is 0 Å². The molecule has 5 nitrogen and oxygen atoms in total. The molecule has 0 aliphatic carbocycles. The number of aliphatic carboxylic acids is 1. The third-order valence-corrected chi connectivity index (χ3v) is 4.38. The number of carboxylic acid groups (broad SMARTS) is 1. The van der Waals surface area contributed by atoms with Crippen molar-refractivity contribution in [1.82, 2.24) is 10.3 Å². The van der Waals surface area contributed by atoms with E-state index >= 15 is 0 Å². The van der Waals surface area contributed by atoms with Crippen LogP contribution in [0, 0.1) is 0 Å². The summed E-state index contributed by atoms with van der Waals surface area (Å²) in [7, 11) is 0. The Labute approximate surface area is 158 Å². The highest BCUT2D eigenvalue weighted by molar-refractivity contribution is 5.87. The van der Waals surface area contributed by atoms with Gasteiger partial charge in [0.1, 0.15) is 6.04 Å². The number of carboxylic acids is 1. The molecule has 0 unspecified atom stereocenters. The van der Waals surface area contributed by atoms with Crippen molar-refractivity contribution in [3.05, 3.63) is 71.4 Å². The molecule has 1 aromatic heterocycles. The van der Waals surface area contributed by atoms with Crippen LogP contribution in [0.1, 0.15) is 16.7 Å². The van der Waals surface area contributed by atoms with E-state index in [0.717, 1.165) is 28.6 Å². The number of benzene rings is 2. The summed E-state index contributed by atoms with van der Waals surface area (Å²) >= 11 is 0. The summed E-state index contributed by atoms with van der Waals surface area (Å²) in [5, 5.41) is 12.7. The number of hydrogen-bond donors (Lipinski definition) is 3. The van der Waals surface area contributed by atoms with E-state index in [0.29, 0.717) is 5.56 Å². The number of aromatic amines is 1. The van der Waals surface area contributed by atoms with Gasteiger partial charge in [-0.05, 0) is 29.3 Å². The second-order valence-electron chi connectivity index (χ2n) is 6.39. The zero-order valence-electron chi connectivity index (χ0n) is 14.6. The van der Waals surface area contributed by atoms with Gasteiger partial charge in [0.15, 0.2) is 0 Å². The molecule has 3 aromatic rings. The van der Waals surface area contributed by atoms with Crippen LogP contribution in [0.4, 0.5) is 13.2 Å². The molecule has 0 radical (unpaired) electrons. The van der Waals surface area contributed by atoms with Crippen LogP contribution < -0.4 is 5.32 Å². The Bertz CT molecular complexity index is 994. The summed E-state index contributed by atoms with van der Waals surface area (Å²) in [5.74, 6) is -1.77. The lowest BCUT2D eigenvalue weighted by Gasteiger charge is -2.14. The molecule has 1 heterocycles. The van der Waals surface area contributed by atoms with E-state index in [1.54, 1.807) is 6.20 Å². The van der Waals surface area contributed by atoms with Gasteiger partial charge in [-0.3, -0.25) is 4.79 Å². The highest BCUT2D eigenvalue weighted by Gasteiger charge is 2.30. The Morgan fingerprint density at radius 1 is 1.07 bits per heavy atom. The molecule has 1 amide bonds. The molecule has 0 bridgehead atoms. The van der Waals surface area contributed by atoms with Crippen LogP contribution in [-0.2, 0) is 28.6 Å². The second-order valence-corrected chi connectivity index (χ2v) is 6.39. The third kappa shape index (κ3) is 4.51. The lowest BCUT2D eigenvalue weighted by Crippen LogP contribution is -2.43. The average molecular weight is 390 g/mol. The molecule has 2 aromatic carbocycles. The van der Waals surface area contributed by atoms with Gasteiger partial charge < -0.3 is 15.4 Å². The number of aromatic nitrogens is 1. The highest BCUT2D eigenvalue weighted by atomic mass is 19.4. The molecule has 0 saturated carbocycles. The lowest BCUT2D eigenvalue weighted by atomic mass is 10.0. The number of halogens is 3. The van der Waals surface area contributed by atoms with Gasteiger partial charge in [-0.15, -0.1) is 0 Å². The molecule has 3 rings (SSSR count). The van der Waals surface area contributed by atoms with Gasteiger partial charge in [0.2, 0.25) is 5.91 Å². The fourth-order valence-corrected chi connectivity index (χ4v) is 2.96.